The molecule has 3 saturated carbocycles. The maximum absolute atomic E-state index is 12.3. The predicted molar refractivity (Wildman–Crippen MR) is 92.0 cm³/mol. The second-order valence-electron chi connectivity index (χ2n) is 7.61. The normalized spacial score (nSPS) is 28.9. The van der Waals surface area contributed by atoms with Crippen LogP contribution in [0.5, 0.6) is 0 Å². The van der Waals surface area contributed by atoms with E-state index >= 15 is 0 Å². The lowest BCUT2D eigenvalue weighted by molar-refractivity contribution is -0.117. The summed E-state index contributed by atoms with van der Waals surface area (Å²) in [4.78, 5) is 12.5. The van der Waals surface area contributed by atoms with Crippen LogP contribution in [0.15, 0.2) is 29.2 Å². The molecule has 6 heteroatoms. The molecule has 1 amide bonds. The van der Waals surface area contributed by atoms with Crippen LogP contribution in [-0.4, -0.2) is 20.4 Å². The molecular weight excluding hydrogens is 324 g/mol. The minimum Gasteiger partial charge on any atom is -0.326 e. The topological polar surface area (TPSA) is 75.3 Å². The zero-order chi connectivity index (χ0) is 16.7. The van der Waals surface area contributed by atoms with E-state index < -0.39 is 10.0 Å². The second-order valence-corrected chi connectivity index (χ2v) is 9.32. The molecular formula is C18H24N2O3S. The Balaban J connectivity index is 1.39. The number of carbonyl (C=O) groups is 1. The first kappa shape index (κ1) is 16.1. The summed E-state index contributed by atoms with van der Waals surface area (Å²) in [7, 11) is -3.49. The van der Waals surface area contributed by atoms with Crippen molar-refractivity contribution in [1.82, 2.24) is 4.72 Å². The molecule has 3 fully saturated rings. The number of sulfonamides is 1. The van der Waals surface area contributed by atoms with Crippen molar-refractivity contribution in [3.8, 4) is 0 Å². The Morgan fingerprint density at radius 1 is 1.12 bits per heavy atom. The van der Waals surface area contributed by atoms with Gasteiger partial charge in [0.25, 0.3) is 0 Å². The van der Waals surface area contributed by atoms with E-state index in [2.05, 4.69) is 10.0 Å². The average molecular weight is 348 g/mol. The van der Waals surface area contributed by atoms with Gasteiger partial charge in [-0.2, -0.15) is 0 Å². The molecule has 2 bridgehead atoms. The monoisotopic (exact) mass is 348 g/mol. The van der Waals surface area contributed by atoms with Crippen molar-refractivity contribution in [3.63, 3.8) is 0 Å². The van der Waals surface area contributed by atoms with Crippen molar-refractivity contribution in [2.75, 3.05) is 5.32 Å². The SMILES string of the molecule is O=C(CC1CC2CCC1C2)Nc1cccc(S(=O)(=O)NC2CC2)c1. The Bertz CT molecular complexity index is 742. The van der Waals surface area contributed by atoms with E-state index in [-0.39, 0.29) is 16.8 Å². The van der Waals surface area contributed by atoms with Crippen molar-refractivity contribution in [3.05, 3.63) is 24.3 Å². The molecule has 3 unspecified atom stereocenters. The Labute approximate surface area is 143 Å². The molecule has 1 aromatic rings. The summed E-state index contributed by atoms with van der Waals surface area (Å²) in [6, 6.07) is 6.61. The Hall–Kier alpha value is -1.40. The molecule has 4 rings (SSSR count). The second kappa shape index (κ2) is 6.15. The number of hydrogen-bond donors (Lipinski definition) is 2. The van der Waals surface area contributed by atoms with Gasteiger partial charge in [-0.15, -0.1) is 0 Å². The lowest BCUT2D eigenvalue weighted by Gasteiger charge is -2.21. The number of fused-ring (bicyclic) bond motifs is 2. The third-order valence-corrected chi connectivity index (χ3v) is 7.18. The molecule has 130 valence electrons. The molecule has 24 heavy (non-hydrogen) atoms. The summed E-state index contributed by atoms with van der Waals surface area (Å²) in [6.07, 6.45) is 7.42. The van der Waals surface area contributed by atoms with Gasteiger partial charge in [0.15, 0.2) is 0 Å². The molecule has 0 saturated heterocycles. The van der Waals surface area contributed by atoms with E-state index in [0.29, 0.717) is 18.0 Å². The van der Waals surface area contributed by atoms with Gasteiger partial charge in [0, 0.05) is 18.2 Å². The van der Waals surface area contributed by atoms with E-state index in [0.717, 1.165) is 24.7 Å². The van der Waals surface area contributed by atoms with Crippen LogP contribution in [0, 0.1) is 17.8 Å². The van der Waals surface area contributed by atoms with Gasteiger partial charge in [-0.05, 0) is 68.1 Å². The molecule has 3 aliphatic carbocycles. The number of nitrogens with one attached hydrogen (secondary N) is 2. The third kappa shape index (κ3) is 3.49. The number of rotatable bonds is 6. The Morgan fingerprint density at radius 3 is 2.62 bits per heavy atom. The molecule has 0 aromatic heterocycles. The van der Waals surface area contributed by atoms with Crippen LogP contribution < -0.4 is 10.0 Å². The average Bonchev–Trinajstić information content (AvgIpc) is 3.08. The van der Waals surface area contributed by atoms with Gasteiger partial charge in [-0.3, -0.25) is 4.79 Å². The molecule has 0 radical (unpaired) electrons. The highest BCUT2D eigenvalue weighted by Crippen LogP contribution is 2.49. The van der Waals surface area contributed by atoms with Gasteiger partial charge in [-0.1, -0.05) is 12.5 Å². The maximum Gasteiger partial charge on any atom is 0.240 e. The van der Waals surface area contributed by atoms with E-state index in [1.807, 2.05) is 0 Å². The van der Waals surface area contributed by atoms with Crippen LogP contribution >= 0.6 is 0 Å². The van der Waals surface area contributed by atoms with Crippen LogP contribution in [0.2, 0.25) is 0 Å². The molecule has 1 aromatic carbocycles. The van der Waals surface area contributed by atoms with Crippen molar-refractivity contribution < 1.29 is 13.2 Å². The smallest absolute Gasteiger partial charge is 0.240 e. The van der Waals surface area contributed by atoms with E-state index in [1.54, 1.807) is 24.3 Å². The summed E-state index contributed by atoms with van der Waals surface area (Å²) < 4.78 is 27.2. The lowest BCUT2D eigenvalue weighted by atomic mass is 9.86. The molecule has 2 N–H and O–H groups in total. The zero-order valence-corrected chi connectivity index (χ0v) is 14.5. The largest absolute Gasteiger partial charge is 0.326 e. The summed E-state index contributed by atoms with van der Waals surface area (Å²) in [6.45, 7) is 0. The van der Waals surface area contributed by atoms with Crippen LogP contribution in [-0.2, 0) is 14.8 Å². The fourth-order valence-corrected chi connectivity index (χ4v) is 5.66. The van der Waals surface area contributed by atoms with Gasteiger partial charge in [0.05, 0.1) is 4.90 Å². The number of carbonyl (C=O) groups excluding carboxylic acids is 1. The zero-order valence-electron chi connectivity index (χ0n) is 13.7. The van der Waals surface area contributed by atoms with E-state index in [1.165, 1.54) is 25.7 Å². The van der Waals surface area contributed by atoms with Crippen LogP contribution in [0.3, 0.4) is 0 Å². The van der Waals surface area contributed by atoms with Crippen molar-refractivity contribution in [1.29, 1.82) is 0 Å². The molecule has 0 aliphatic heterocycles. The van der Waals surface area contributed by atoms with Crippen LogP contribution in [0.1, 0.15) is 44.9 Å². The number of benzene rings is 1. The number of anilines is 1. The standard InChI is InChI=1S/C18H24N2O3S/c21-18(10-14-9-12-4-5-13(14)8-12)19-16-2-1-3-17(11-16)24(22,23)20-15-6-7-15/h1-3,11-15,20H,4-10H2,(H,19,21). The van der Waals surface area contributed by atoms with Crippen molar-refractivity contribution in [2.45, 2.75) is 55.9 Å². The molecule has 5 nitrogen and oxygen atoms in total. The van der Waals surface area contributed by atoms with Crippen LogP contribution in [0.25, 0.3) is 0 Å². The summed E-state index contributed by atoms with van der Waals surface area (Å²) >= 11 is 0. The minimum atomic E-state index is -3.49. The predicted octanol–water partition coefficient (Wildman–Crippen LogP) is 2.89. The van der Waals surface area contributed by atoms with Gasteiger partial charge >= 0.3 is 0 Å². The highest BCUT2D eigenvalue weighted by molar-refractivity contribution is 7.89. The van der Waals surface area contributed by atoms with Gasteiger partial charge < -0.3 is 5.32 Å². The van der Waals surface area contributed by atoms with Gasteiger partial charge in [0.2, 0.25) is 15.9 Å². The minimum absolute atomic E-state index is 0.00255. The Kier molecular flexibility index (Phi) is 4.12. The van der Waals surface area contributed by atoms with Crippen molar-refractivity contribution >= 4 is 21.6 Å². The highest BCUT2D eigenvalue weighted by atomic mass is 32.2. The fourth-order valence-electron chi connectivity index (χ4n) is 4.31. The van der Waals surface area contributed by atoms with Gasteiger partial charge in [0.1, 0.15) is 0 Å². The summed E-state index contributed by atoms with van der Waals surface area (Å²) in [5.74, 6) is 2.05. The summed E-state index contributed by atoms with van der Waals surface area (Å²) in [5.41, 5.74) is 0.557. The Morgan fingerprint density at radius 2 is 1.96 bits per heavy atom. The number of hydrogen-bond acceptors (Lipinski definition) is 3. The third-order valence-electron chi connectivity index (χ3n) is 5.66. The number of amides is 1. The maximum atomic E-state index is 12.3. The van der Waals surface area contributed by atoms with Gasteiger partial charge in [-0.25, -0.2) is 13.1 Å². The summed E-state index contributed by atoms with van der Waals surface area (Å²) in [5, 5.41) is 2.88. The van der Waals surface area contributed by atoms with Crippen molar-refractivity contribution in [2.24, 2.45) is 17.8 Å². The van der Waals surface area contributed by atoms with Crippen LogP contribution in [0.4, 0.5) is 5.69 Å². The quantitative estimate of drug-likeness (QED) is 0.830. The molecule has 3 atom stereocenters. The molecule has 0 heterocycles. The lowest BCUT2D eigenvalue weighted by Crippen LogP contribution is -2.26. The first-order chi connectivity index (χ1) is 11.5. The van der Waals surface area contributed by atoms with E-state index in [9.17, 15) is 13.2 Å². The molecule has 3 aliphatic rings. The fraction of sp³-hybridized carbons (Fsp3) is 0.611. The van der Waals surface area contributed by atoms with E-state index in [4.69, 9.17) is 0 Å². The first-order valence-corrected chi connectivity index (χ1v) is 10.4. The first-order valence-electron chi connectivity index (χ1n) is 8.92. The molecule has 0 spiro atoms. The highest BCUT2D eigenvalue weighted by Gasteiger charge is 2.40.